The van der Waals surface area contributed by atoms with Gasteiger partial charge in [-0.05, 0) is 40.9 Å². The van der Waals surface area contributed by atoms with Gasteiger partial charge in [-0.15, -0.1) is 0 Å². The molecule has 1 aliphatic heterocycles. The Bertz CT molecular complexity index is 246. The van der Waals surface area contributed by atoms with E-state index >= 15 is 0 Å². The Morgan fingerprint density at radius 1 is 1.35 bits per heavy atom. The van der Waals surface area contributed by atoms with Crippen molar-refractivity contribution < 1.29 is 0 Å². The van der Waals surface area contributed by atoms with Gasteiger partial charge < -0.3 is 10.2 Å². The van der Waals surface area contributed by atoms with Crippen LogP contribution in [0.4, 0.5) is 0 Å². The summed E-state index contributed by atoms with van der Waals surface area (Å²) in [6.07, 6.45) is 3.58. The van der Waals surface area contributed by atoms with Crippen molar-refractivity contribution in [3.05, 3.63) is 11.6 Å². The zero-order chi connectivity index (χ0) is 12.8. The highest BCUT2D eigenvalue weighted by atomic mass is 15.3. The highest BCUT2D eigenvalue weighted by Gasteiger charge is 2.27. The lowest BCUT2D eigenvalue weighted by atomic mass is 10.0. The van der Waals surface area contributed by atoms with E-state index in [4.69, 9.17) is 0 Å². The van der Waals surface area contributed by atoms with Crippen LogP contribution in [0.15, 0.2) is 11.6 Å². The van der Waals surface area contributed by atoms with Crippen LogP contribution in [0.2, 0.25) is 0 Å². The molecule has 0 aliphatic carbocycles. The van der Waals surface area contributed by atoms with Gasteiger partial charge in [-0.2, -0.15) is 0 Å². The van der Waals surface area contributed by atoms with E-state index < -0.39 is 0 Å². The largest absolute Gasteiger partial charge is 0.309 e. The van der Waals surface area contributed by atoms with Crippen molar-refractivity contribution in [2.45, 2.75) is 39.3 Å². The molecule has 1 saturated heterocycles. The number of allylic oxidation sites excluding steroid dienone is 1. The predicted octanol–water partition coefficient (Wildman–Crippen LogP) is 1.57. The first-order valence-electron chi connectivity index (χ1n) is 6.81. The van der Waals surface area contributed by atoms with Crippen LogP contribution in [0.3, 0.4) is 0 Å². The number of hydrogen-bond donors (Lipinski definition) is 1. The van der Waals surface area contributed by atoms with Gasteiger partial charge in [-0.1, -0.05) is 18.6 Å². The summed E-state index contributed by atoms with van der Waals surface area (Å²) < 4.78 is 0. The molecule has 3 nitrogen and oxygen atoms in total. The monoisotopic (exact) mass is 239 g/mol. The van der Waals surface area contributed by atoms with Gasteiger partial charge in [-0.3, -0.25) is 4.90 Å². The molecule has 2 atom stereocenters. The Morgan fingerprint density at radius 2 is 2.06 bits per heavy atom. The summed E-state index contributed by atoms with van der Waals surface area (Å²) in [5.41, 5.74) is 1.40. The maximum Gasteiger partial charge on any atom is 0.0422 e. The van der Waals surface area contributed by atoms with Crippen LogP contribution in [-0.4, -0.2) is 62.2 Å². The molecule has 0 bridgehead atoms. The second-order valence-electron chi connectivity index (χ2n) is 5.53. The lowest BCUT2D eigenvalue weighted by Gasteiger charge is -2.41. The Hall–Kier alpha value is -0.380. The Balaban J connectivity index is 2.69. The third kappa shape index (κ3) is 4.78. The summed E-state index contributed by atoms with van der Waals surface area (Å²) in [6, 6.07) is 1.07. The number of nitrogens with one attached hydrogen (secondary N) is 1. The smallest absolute Gasteiger partial charge is 0.0422 e. The van der Waals surface area contributed by atoms with Gasteiger partial charge in [0.05, 0.1) is 0 Å². The van der Waals surface area contributed by atoms with Gasteiger partial charge in [-0.25, -0.2) is 0 Å². The molecule has 1 heterocycles. The van der Waals surface area contributed by atoms with Gasteiger partial charge in [0.25, 0.3) is 0 Å². The molecule has 1 fully saturated rings. The molecule has 0 amide bonds. The first kappa shape index (κ1) is 14.7. The number of nitrogens with zero attached hydrogens (tertiary/aromatic N) is 2. The Morgan fingerprint density at radius 3 is 2.65 bits per heavy atom. The molecule has 1 aliphatic rings. The molecule has 100 valence electrons. The fourth-order valence-electron chi connectivity index (χ4n) is 2.41. The van der Waals surface area contributed by atoms with Crippen molar-refractivity contribution in [3.8, 4) is 0 Å². The van der Waals surface area contributed by atoms with Gasteiger partial charge in [0, 0.05) is 31.7 Å². The Labute approximate surface area is 107 Å². The first-order valence-corrected chi connectivity index (χ1v) is 6.81. The third-order valence-electron chi connectivity index (χ3n) is 3.46. The Kier molecular flexibility index (Phi) is 6.17. The molecule has 17 heavy (non-hydrogen) atoms. The minimum Gasteiger partial charge on any atom is -0.309 e. The summed E-state index contributed by atoms with van der Waals surface area (Å²) in [6.45, 7) is 11.2. The minimum absolute atomic E-state index is 0.479. The molecule has 0 spiro atoms. The quantitative estimate of drug-likeness (QED) is 0.735. The lowest BCUT2D eigenvalue weighted by molar-refractivity contribution is 0.0983. The van der Waals surface area contributed by atoms with Crippen LogP contribution in [0, 0.1) is 0 Å². The van der Waals surface area contributed by atoms with Crippen LogP contribution in [-0.2, 0) is 0 Å². The number of hydrogen-bond acceptors (Lipinski definition) is 3. The molecule has 0 aromatic heterocycles. The zero-order valence-corrected chi connectivity index (χ0v) is 12.2. The van der Waals surface area contributed by atoms with Gasteiger partial charge in [0.15, 0.2) is 0 Å². The van der Waals surface area contributed by atoms with E-state index in [1.54, 1.807) is 0 Å². The summed E-state index contributed by atoms with van der Waals surface area (Å²) >= 11 is 0. The maximum absolute atomic E-state index is 3.68. The second kappa shape index (κ2) is 7.14. The molecular formula is C14H29N3. The van der Waals surface area contributed by atoms with Gasteiger partial charge in [0.1, 0.15) is 0 Å². The number of piperazine rings is 1. The SMILES string of the molecule is CCCNC(C=C(C)C)C1CN(C)CCN1C. The average molecular weight is 239 g/mol. The van der Waals surface area contributed by atoms with E-state index in [0.29, 0.717) is 12.1 Å². The molecule has 0 aromatic rings. The molecule has 1 N–H and O–H groups in total. The van der Waals surface area contributed by atoms with E-state index in [9.17, 15) is 0 Å². The molecule has 0 radical (unpaired) electrons. The van der Waals surface area contributed by atoms with Crippen LogP contribution in [0.5, 0.6) is 0 Å². The van der Waals surface area contributed by atoms with Crippen molar-refractivity contribution >= 4 is 0 Å². The molecule has 3 heteroatoms. The van der Waals surface area contributed by atoms with Gasteiger partial charge in [0.2, 0.25) is 0 Å². The van der Waals surface area contributed by atoms with E-state index in [1.807, 2.05) is 0 Å². The van der Waals surface area contributed by atoms with Crippen LogP contribution < -0.4 is 5.32 Å². The predicted molar refractivity (Wildman–Crippen MR) is 75.4 cm³/mol. The minimum atomic E-state index is 0.479. The van der Waals surface area contributed by atoms with Crippen LogP contribution in [0.25, 0.3) is 0 Å². The number of rotatable bonds is 5. The highest BCUT2D eigenvalue weighted by molar-refractivity contribution is 5.07. The van der Waals surface area contributed by atoms with Crippen LogP contribution in [0.1, 0.15) is 27.2 Å². The summed E-state index contributed by atoms with van der Waals surface area (Å²) in [5, 5.41) is 3.68. The lowest BCUT2D eigenvalue weighted by Crippen LogP contribution is -2.58. The van der Waals surface area contributed by atoms with Crippen molar-refractivity contribution in [1.82, 2.24) is 15.1 Å². The van der Waals surface area contributed by atoms with E-state index in [0.717, 1.165) is 13.1 Å². The normalized spacial score (nSPS) is 24.6. The van der Waals surface area contributed by atoms with Gasteiger partial charge >= 0.3 is 0 Å². The summed E-state index contributed by atoms with van der Waals surface area (Å²) in [7, 11) is 4.47. The number of likely N-dealkylation sites (N-methyl/N-ethyl adjacent to an activating group) is 2. The van der Waals surface area contributed by atoms with Crippen molar-refractivity contribution in [1.29, 1.82) is 0 Å². The molecule has 1 rings (SSSR count). The topological polar surface area (TPSA) is 18.5 Å². The molecular weight excluding hydrogens is 210 g/mol. The summed E-state index contributed by atoms with van der Waals surface area (Å²) in [4.78, 5) is 4.93. The van der Waals surface area contributed by atoms with Crippen LogP contribution >= 0.6 is 0 Å². The highest BCUT2D eigenvalue weighted by Crippen LogP contribution is 2.12. The fraction of sp³-hybridized carbons (Fsp3) is 0.857. The van der Waals surface area contributed by atoms with Crippen molar-refractivity contribution in [2.24, 2.45) is 0 Å². The summed E-state index contributed by atoms with van der Waals surface area (Å²) in [5.74, 6) is 0. The first-order chi connectivity index (χ1) is 8.04. The van der Waals surface area contributed by atoms with Crippen molar-refractivity contribution in [2.75, 3.05) is 40.3 Å². The maximum atomic E-state index is 3.68. The van der Waals surface area contributed by atoms with E-state index in [-0.39, 0.29) is 0 Å². The zero-order valence-electron chi connectivity index (χ0n) is 12.2. The molecule has 2 unspecified atom stereocenters. The molecule has 0 saturated carbocycles. The third-order valence-corrected chi connectivity index (χ3v) is 3.46. The standard InChI is InChI=1S/C14H29N3/c1-6-7-15-13(10-12(2)3)14-11-16(4)8-9-17(14)5/h10,13-15H,6-9,11H2,1-5H3. The average Bonchev–Trinajstić information content (AvgIpc) is 2.27. The molecule has 0 aromatic carbocycles. The van der Waals surface area contributed by atoms with E-state index in [1.165, 1.54) is 25.1 Å². The fourth-order valence-corrected chi connectivity index (χ4v) is 2.41. The second-order valence-corrected chi connectivity index (χ2v) is 5.53. The van der Waals surface area contributed by atoms with E-state index in [2.05, 4.69) is 56.1 Å². The van der Waals surface area contributed by atoms with Crippen molar-refractivity contribution in [3.63, 3.8) is 0 Å².